The van der Waals surface area contributed by atoms with Gasteiger partial charge in [-0.25, -0.2) is 4.98 Å². The zero-order chi connectivity index (χ0) is 14.8. The number of aldehydes is 1. The van der Waals surface area contributed by atoms with E-state index in [1.165, 1.54) is 0 Å². The number of ether oxygens (including phenoxy) is 1. The average Bonchev–Trinajstić information content (AvgIpc) is 2.84. The first kappa shape index (κ1) is 13.4. The maximum Gasteiger partial charge on any atom is 0.168 e. The van der Waals surface area contributed by atoms with Gasteiger partial charge in [-0.05, 0) is 36.2 Å². The summed E-state index contributed by atoms with van der Waals surface area (Å²) in [6.07, 6.45) is 3.43. The lowest BCUT2D eigenvalue weighted by molar-refractivity contribution is 0.111. The van der Waals surface area contributed by atoms with Crippen LogP contribution in [-0.2, 0) is 6.42 Å². The molecule has 0 amide bonds. The number of aryl methyl sites for hydroxylation is 1. The molecule has 4 heteroatoms. The SMILES string of the molecule is COc1ccc(Cc2nc3ccc(C)cn3c2C=O)cc1. The monoisotopic (exact) mass is 280 g/mol. The van der Waals surface area contributed by atoms with Crippen molar-refractivity contribution in [2.75, 3.05) is 7.11 Å². The molecule has 21 heavy (non-hydrogen) atoms. The van der Waals surface area contributed by atoms with Crippen molar-refractivity contribution < 1.29 is 9.53 Å². The van der Waals surface area contributed by atoms with E-state index in [0.29, 0.717) is 12.1 Å². The van der Waals surface area contributed by atoms with E-state index >= 15 is 0 Å². The molecule has 106 valence electrons. The van der Waals surface area contributed by atoms with Crippen LogP contribution in [-0.4, -0.2) is 22.8 Å². The zero-order valence-electron chi connectivity index (χ0n) is 12.0. The number of benzene rings is 1. The Hall–Kier alpha value is -2.62. The topological polar surface area (TPSA) is 43.6 Å². The van der Waals surface area contributed by atoms with Crippen LogP contribution < -0.4 is 4.74 Å². The number of fused-ring (bicyclic) bond motifs is 1. The van der Waals surface area contributed by atoms with E-state index in [1.807, 2.05) is 53.9 Å². The number of pyridine rings is 1. The summed E-state index contributed by atoms with van der Waals surface area (Å²) in [6, 6.07) is 11.7. The third-order valence-electron chi connectivity index (χ3n) is 3.52. The number of carbonyl (C=O) groups excluding carboxylic acids is 1. The molecule has 0 atom stereocenters. The summed E-state index contributed by atoms with van der Waals surface area (Å²) in [6.45, 7) is 2.00. The first-order chi connectivity index (χ1) is 10.2. The standard InChI is InChI=1S/C17H16N2O2/c1-12-3-8-17-18-15(16(11-20)19(17)10-12)9-13-4-6-14(21-2)7-5-13/h3-8,10-11H,9H2,1-2H3. The van der Waals surface area contributed by atoms with Crippen LogP contribution >= 0.6 is 0 Å². The molecule has 4 nitrogen and oxygen atoms in total. The van der Waals surface area contributed by atoms with E-state index in [1.54, 1.807) is 7.11 Å². The molecule has 0 N–H and O–H groups in total. The Morgan fingerprint density at radius 3 is 2.62 bits per heavy atom. The van der Waals surface area contributed by atoms with Crippen molar-refractivity contribution in [1.82, 2.24) is 9.38 Å². The van der Waals surface area contributed by atoms with Crippen molar-refractivity contribution in [1.29, 1.82) is 0 Å². The minimum Gasteiger partial charge on any atom is -0.497 e. The Morgan fingerprint density at radius 1 is 1.19 bits per heavy atom. The quantitative estimate of drug-likeness (QED) is 0.690. The Kier molecular flexibility index (Phi) is 3.44. The first-order valence-electron chi connectivity index (χ1n) is 6.77. The van der Waals surface area contributed by atoms with Crippen LogP contribution in [0, 0.1) is 6.92 Å². The van der Waals surface area contributed by atoms with Gasteiger partial charge in [0.25, 0.3) is 0 Å². The molecule has 1 aromatic carbocycles. The third-order valence-corrected chi connectivity index (χ3v) is 3.52. The van der Waals surface area contributed by atoms with Crippen molar-refractivity contribution in [3.63, 3.8) is 0 Å². The molecule has 0 aliphatic carbocycles. The van der Waals surface area contributed by atoms with Gasteiger partial charge in [0.15, 0.2) is 6.29 Å². The molecule has 0 unspecified atom stereocenters. The van der Waals surface area contributed by atoms with Gasteiger partial charge in [-0.15, -0.1) is 0 Å². The van der Waals surface area contributed by atoms with Crippen LogP contribution in [0.5, 0.6) is 5.75 Å². The maximum absolute atomic E-state index is 11.4. The fourth-order valence-corrected chi connectivity index (χ4v) is 2.41. The van der Waals surface area contributed by atoms with Gasteiger partial charge in [0, 0.05) is 12.6 Å². The second-order valence-corrected chi connectivity index (χ2v) is 5.02. The van der Waals surface area contributed by atoms with Gasteiger partial charge < -0.3 is 4.74 Å². The normalized spacial score (nSPS) is 10.8. The lowest BCUT2D eigenvalue weighted by atomic mass is 10.1. The molecule has 3 rings (SSSR count). The highest BCUT2D eigenvalue weighted by Gasteiger charge is 2.12. The Balaban J connectivity index is 2.01. The molecule has 2 aromatic heterocycles. The van der Waals surface area contributed by atoms with Crippen molar-refractivity contribution in [2.45, 2.75) is 13.3 Å². The zero-order valence-corrected chi connectivity index (χ0v) is 12.0. The summed E-state index contributed by atoms with van der Waals surface area (Å²) in [7, 11) is 1.64. The predicted molar refractivity (Wildman–Crippen MR) is 81.1 cm³/mol. The second-order valence-electron chi connectivity index (χ2n) is 5.02. The van der Waals surface area contributed by atoms with Gasteiger partial charge in [0.1, 0.15) is 17.1 Å². The molecule has 2 heterocycles. The molecule has 0 bridgehead atoms. The number of hydrogen-bond acceptors (Lipinski definition) is 3. The highest BCUT2D eigenvalue weighted by atomic mass is 16.5. The Labute approximate surface area is 123 Å². The fraction of sp³-hybridized carbons (Fsp3) is 0.176. The van der Waals surface area contributed by atoms with Crippen LogP contribution in [0.3, 0.4) is 0 Å². The third kappa shape index (κ3) is 2.52. The molecular weight excluding hydrogens is 264 g/mol. The number of methoxy groups -OCH3 is 1. The summed E-state index contributed by atoms with van der Waals surface area (Å²) in [5.74, 6) is 0.819. The smallest absolute Gasteiger partial charge is 0.168 e. The molecule has 0 aliphatic heterocycles. The molecule has 0 fully saturated rings. The van der Waals surface area contributed by atoms with Crippen LogP contribution in [0.1, 0.15) is 27.3 Å². The van der Waals surface area contributed by atoms with Gasteiger partial charge in [0.05, 0.1) is 12.8 Å². The number of rotatable bonds is 4. The van der Waals surface area contributed by atoms with E-state index < -0.39 is 0 Å². The van der Waals surface area contributed by atoms with Crippen LogP contribution in [0.2, 0.25) is 0 Å². The summed E-state index contributed by atoms with van der Waals surface area (Å²) >= 11 is 0. The van der Waals surface area contributed by atoms with E-state index in [9.17, 15) is 4.79 Å². The van der Waals surface area contributed by atoms with Crippen molar-refractivity contribution in [3.8, 4) is 5.75 Å². The lowest BCUT2D eigenvalue weighted by Gasteiger charge is -2.02. The molecule has 0 spiro atoms. The molecule has 3 aromatic rings. The molecule has 0 radical (unpaired) electrons. The Bertz CT molecular complexity index is 788. The largest absolute Gasteiger partial charge is 0.497 e. The number of carbonyl (C=O) groups is 1. The molecule has 0 saturated heterocycles. The van der Waals surface area contributed by atoms with Gasteiger partial charge in [-0.3, -0.25) is 9.20 Å². The number of nitrogens with zero attached hydrogens (tertiary/aromatic N) is 2. The van der Waals surface area contributed by atoms with E-state index in [2.05, 4.69) is 4.98 Å². The highest BCUT2D eigenvalue weighted by Crippen LogP contribution is 2.18. The van der Waals surface area contributed by atoms with Gasteiger partial charge in [0.2, 0.25) is 0 Å². The second kappa shape index (κ2) is 5.40. The van der Waals surface area contributed by atoms with Crippen molar-refractivity contribution in [2.24, 2.45) is 0 Å². The average molecular weight is 280 g/mol. The first-order valence-corrected chi connectivity index (χ1v) is 6.77. The van der Waals surface area contributed by atoms with Crippen molar-refractivity contribution >= 4 is 11.9 Å². The predicted octanol–water partition coefficient (Wildman–Crippen LogP) is 3.05. The maximum atomic E-state index is 11.4. The minimum absolute atomic E-state index is 0.615. The molecule has 0 aliphatic rings. The van der Waals surface area contributed by atoms with E-state index in [0.717, 1.165) is 34.5 Å². The van der Waals surface area contributed by atoms with Gasteiger partial charge >= 0.3 is 0 Å². The van der Waals surface area contributed by atoms with Gasteiger partial charge in [-0.1, -0.05) is 18.2 Å². The fourth-order valence-electron chi connectivity index (χ4n) is 2.41. The van der Waals surface area contributed by atoms with E-state index in [-0.39, 0.29) is 0 Å². The summed E-state index contributed by atoms with van der Waals surface area (Å²) < 4.78 is 7.00. The van der Waals surface area contributed by atoms with Gasteiger partial charge in [-0.2, -0.15) is 0 Å². The number of imidazole rings is 1. The summed E-state index contributed by atoms with van der Waals surface area (Å²) in [5, 5.41) is 0. The van der Waals surface area contributed by atoms with Crippen LogP contribution in [0.15, 0.2) is 42.6 Å². The van der Waals surface area contributed by atoms with Crippen molar-refractivity contribution in [3.05, 3.63) is 65.1 Å². The lowest BCUT2D eigenvalue weighted by Crippen LogP contribution is -1.97. The number of hydrogen-bond donors (Lipinski definition) is 0. The summed E-state index contributed by atoms with van der Waals surface area (Å²) in [4.78, 5) is 16.0. The minimum atomic E-state index is 0.615. The summed E-state index contributed by atoms with van der Waals surface area (Å²) in [5.41, 5.74) is 4.40. The molecule has 0 saturated carbocycles. The number of aromatic nitrogens is 2. The highest BCUT2D eigenvalue weighted by molar-refractivity contribution is 5.76. The Morgan fingerprint density at radius 2 is 1.95 bits per heavy atom. The van der Waals surface area contributed by atoms with Crippen LogP contribution in [0.25, 0.3) is 5.65 Å². The van der Waals surface area contributed by atoms with E-state index in [4.69, 9.17) is 4.74 Å². The molecular formula is C17H16N2O2. The van der Waals surface area contributed by atoms with Crippen LogP contribution in [0.4, 0.5) is 0 Å².